The van der Waals surface area contributed by atoms with E-state index in [9.17, 15) is 5.11 Å². The summed E-state index contributed by atoms with van der Waals surface area (Å²) >= 11 is 6.41. The third kappa shape index (κ3) is 2.38. The van der Waals surface area contributed by atoms with Gasteiger partial charge < -0.3 is 15.3 Å². The maximum absolute atomic E-state index is 10.4. The van der Waals surface area contributed by atoms with Crippen LogP contribution in [-0.2, 0) is 5.41 Å². The minimum absolute atomic E-state index is 0.0732. The molecule has 0 saturated carbocycles. The normalized spacial score (nSPS) is 28.4. The molecule has 0 bridgehead atoms. The highest BCUT2D eigenvalue weighted by Crippen LogP contribution is 2.55. The standard InChI is InChI=1S/C21H25ClN4O/c1-12-9-17(27)19-18(12)20(25-11-24-19)26-13(2)21(5-7-23-8-6-21)15-10-14(22)3-4-16(15)26/h3-4,10-13,17,23,27H,5-9H2,1-2H3/t12-,13-,17-/m1/s1. The average molecular weight is 385 g/mol. The molecule has 5 nitrogen and oxygen atoms in total. The molecular weight excluding hydrogens is 360 g/mol. The smallest absolute Gasteiger partial charge is 0.140 e. The second-order valence-electron chi connectivity index (χ2n) is 8.26. The van der Waals surface area contributed by atoms with Crippen LogP contribution in [0.1, 0.15) is 62.0 Å². The van der Waals surface area contributed by atoms with E-state index >= 15 is 0 Å². The summed E-state index contributed by atoms with van der Waals surface area (Å²) in [7, 11) is 0. The highest BCUT2D eigenvalue weighted by molar-refractivity contribution is 6.30. The number of aromatic nitrogens is 2. The molecule has 27 heavy (non-hydrogen) atoms. The molecule has 3 aliphatic rings. The van der Waals surface area contributed by atoms with Crippen molar-refractivity contribution in [2.24, 2.45) is 0 Å². The molecule has 0 amide bonds. The molecule has 1 aromatic heterocycles. The lowest BCUT2D eigenvalue weighted by Gasteiger charge is -2.40. The van der Waals surface area contributed by atoms with E-state index < -0.39 is 6.10 Å². The Kier molecular flexibility index (Phi) is 3.97. The number of fused-ring (bicyclic) bond motifs is 3. The molecule has 1 saturated heterocycles. The van der Waals surface area contributed by atoms with E-state index in [2.05, 4.69) is 41.2 Å². The van der Waals surface area contributed by atoms with Gasteiger partial charge >= 0.3 is 0 Å². The molecule has 1 spiro atoms. The van der Waals surface area contributed by atoms with Crippen LogP contribution in [0.3, 0.4) is 0 Å². The van der Waals surface area contributed by atoms with Crippen LogP contribution >= 0.6 is 11.6 Å². The fraction of sp³-hybridized carbons (Fsp3) is 0.524. The second kappa shape index (κ2) is 6.16. The van der Waals surface area contributed by atoms with Crippen molar-refractivity contribution in [3.05, 3.63) is 46.4 Å². The number of aliphatic hydroxyl groups is 1. The summed E-state index contributed by atoms with van der Waals surface area (Å²) in [4.78, 5) is 11.5. The van der Waals surface area contributed by atoms with Crippen molar-refractivity contribution in [3.8, 4) is 0 Å². The van der Waals surface area contributed by atoms with Gasteiger partial charge in [-0.1, -0.05) is 18.5 Å². The van der Waals surface area contributed by atoms with Gasteiger partial charge in [-0.05, 0) is 69.0 Å². The zero-order valence-corrected chi connectivity index (χ0v) is 16.5. The number of rotatable bonds is 1. The minimum Gasteiger partial charge on any atom is -0.387 e. The molecule has 1 fully saturated rings. The molecule has 2 aliphatic heterocycles. The molecule has 0 radical (unpaired) electrons. The van der Waals surface area contributed by atoms with E-state index in [1.54, 1.807) is 6.33 Å². The van der Waals surface area contributed by atoms with E-state index in [0.717, 1.165) is 48.0 Å². The summed E-state index contributed by atoms with van der Waals surface area (Å²) in [6.45, 7) is 6.50. The van der Waals surface area contributed by atoms with Crippen molar-refractivity contribution in [3.63, 3.8) is 0 Å². The van der Waals surface area contributed by atoms with Crippen molar-refractivity contribution in [2.45, 2.75) is 56.6 Å². The molecule has 1 aliphatic carbocycles. The van der Waals surface area contributed by atoms with Gasteiger partial charge in [-0.2, -0.15) is 0 Å². The summed E-state index contributed by atoms with van der Waals surface area (Å²) in [5, 5.41) is 14.7. The first kappa shape index (κ1) is 17.4. The lowest BCUT2D eigenvalue weighted by atomic mass is 9.70. The number of benzene rings is 1. The van der Waals surface area contributed by atoms with Crippen LogP contribution in [0.25, 0.3) is 0 Å². The van der Waals surface area contributed by atoms with Gasteiger partial charge in [0.05, 0.1) is 11.8 Å². The van der Waals surface area contributed by atoms with Gasteiger partial charge in [0.15, 0.2) is 0 Å². The molecule has 2 aromatic rings. The zero-order chi connectivity index (χ0) is 18.8. The van der Waals surface area contributed by atoms with Crippen molar-refractivity contribution < 1.29 is 5.11 Å². The molecule has 1 aromatic carbocycles. The number of piperidine rings is 1. The fourth-order valence-electron chi connectivity index (χ4n) is 5.55. The van der Waals surface area contributed by atoms with Crippen LogP contribution in [0.2, 0.25) is 5.02 Å². The fourth-order valence-corrected chi connectivity index (χ4v) is 5.72. The maximum Gasteiger partial charge on any atom is 0.140 e. The molecule has 3 heterocycles. The van der Waals surface area contributed by atoms with E-state index in [-0.39, 0.29) is 17.4 Å². The number of hydrogen-bond donors (Lipinski definition) is 2. The third-order valence-electron chi connectivity index (χ3n) is 6.94. The molecule has 142 valence electrons. The Morgan fingerprint density at radius 3 is 2.78 bits per heavy atom. The van der Waals surface area contributed by atoms with Crippen molar-refractivity contribution in [2.75, 3.05) is 18.0 Å². The van der Waals surface area contributed by atoms with Gasteiger partial charge in [0.2, 0.25) is 0 Å². The van der Waals surface area contributed by atoms with Gasteiger partial charge in [-0.3, -0.25) is 0 Å². The van der Waals surface area contributed by atoms with Crippen molar-refractivity contribution in [1.82, 2.24) is 15.3 Å². The van der Waals surface area contributed by atoms with Crippen LogP contribution in [-0.4, -0.2) is 34.2 Å². The number of nitrogens with zero attached hydrogens (tertiary/aromatic N) is 3. The first-order valence-corrected chi connectivity index (χ1v) is 10.2. The summed E-state index contributed by atoms with van der Waals surface area (Å²) < 4.78 is 0. The third-order valence-corrected chi connectivity index (χ3v) is 7.18. The Morgan fingerprint density at radius 2 is 2.00 bits per heavy atom. The minimum atomic E-state index is -0.493. The lowest BCUT2D eigenvalue weighted by molar-refractivity contribution is 0.170. The Labute approximate surface area is 164 Å². The quantitative estimate of drug-likeness (QED) is 0.782. The first-order valence-electron chi connectivity index (χ1n) is 9.86. The van der Waals surface area contributed by atoms with E-state index in [1.165, 1.54) is 11.3 Å². The van der Waals surface area contributed by atoms with Crippen molar-refractivity contribution >= 4 is 23.1 Å². The van der Waals surface area contributed by atoms with E-state index in [0.29, 0.717) is 6.42 Å². The van der Waals surface area contributed by atoms with Gasteiger partial charge in [0.25, 0.3) is 0 Å². The van der Waals surface area contributed by atoms with Gasteiger partial charge in [0.1, 0.15) is 12.1 Å². The molecule has 0 unspecified atom stereocenters. The lowest BCUT2D eigenvalue weighted by Crippen LogP contribution is -2.48. The van der Waals surface area contributed by atoms with Gasteiger partial charge in [-0.15, -0.1) is 0 Å². The van der Waals surface area contributed by atoms with Crippen LogP contribution in [0.4, 0.5) is 11.5 Å². The number of aliphatic hydroxyl groups excluding tert-OH is 1. The maximum atomic E-state index is 10.4. The first-order chi connectivity index (χ1) is 13.0. The Hall–Kier alpha value is -1.69. The van der Waals surface area contributed by atoms with Gasteiger partial charge in [-0.25, -0.2) is 9.97 Å². The highest BCUT2D eigenvalue weighted by atomic mass is 35.5. The summed E-state index contributed by atoms with van der Waals surface area (Å²) in [6, 6.07) is 6.53. The average Bonchev–Trinajstić information content (AvgIpc) is 3.09. The largest absolute Gasteiger partial charge is 0.387 e. The molecule has 2 N–H and O–H groups in total. The summed E-state index contributed by atoms with van der Waals surface area (Å²) in [5.74, 6) is 1.20. The van der Waals surface area contributed by atoms with Crippen LogP contribution < -0.4 is 10.2 Å². The predicted octanol–water partition coefficient (Wildman–Crippen LogP) is 3.83. The van der Waals surface area contributed by atoms with E-state index in [1.807, 2.05) is 6.07 Å². The van der Waals surface area contributed by atoms with Gasteiger partial charge in [0, 0.05) is 27.7 Å². The highest BCUT2D eigenvalue weighted by Gasteiger charge is 2.51. The number of halogens is 1. The van der Waals surface area contributed by atoms with E-state index in [4.69, 9.17) is 16.6 Å². The van der Waals surface area contributed by atoms with Crippen molar-refractivity contribution in [1.29, 1.82) is 0 Å². The predicted molar refractivity (Wildman–Crippen MR) is 107 cm³/mol. The molecule has 3 atom stereocenters. The topological polar surface area (TPSA) is 61.3 Å². The summed E-state index contributed by atoms with van der Waals surface area (Å²) in [6.07, 6.45) is 4.00. The van der Waals surface area contributed by atoms with Crippen LogP contribution in [0, 0.1) is 0 Å². The Bertz CT molecular complexity index is 896. The molecule has 6 heteroatoms. The van der Waals surface area contributed by atoms with Crippen LogP contribution in [0.5, 0.6) is 0 Å². The zero-order valence-electron chi connectivity index (χ0n) is 15.7. The number of anilines is 2. The van der Waals surface area contributed by atoms with Crippen LogP contribution in [0.15, 0.2) is 24.5 Å². The monoisotopic (exact) mass is 384 g/mol. The Morgan fingerprint density at radius 1 is 1.22 bits per heavy atom. The number of nitrogens with one attached hydrogen (secondary N) is 1. The SMILES string of the molecule is C[C@@H]1C[C@@H](O)c2ncnc(N3c4ccc(Cl)cc4C4(CCNCC4)[C@H]3C)c21. The summed E-state index contributed by atoms with van der Waals surface area (Å²) in [5.41, 5.74) is 4.50. The number of hydrogen-bond acceptors (Lipinski definition) is 5. The molecular formula is C21H25ClN4O. The molecule has 5 rings (SSSR count). The second-order valence-corrected chi connectivity index (χ2v) is 8.70. The Balaban J connectivity index is 1.71.